The number of hydrogen-bond acceptors (Lipinski definition) is 5. The Bertz CT molecular complexity index is 771. The van der Waals surface area contributed by atoms with Crippen molar-refractivity contribution in [3.8, 4) is 0 Å². The zero-order valence-electron chi connectivity index (χ0n) is 12.5. The summed E-state index contributed by atoms with van der Waals surface area (Å²) in [4.78, 5) is 0. The molecule has 0 aliphatic rings. The van der Waals surface area contributed by atoms with Crippen LogP contribution in [0.5, 0.6) is 0 Å². The number of fused-ring (bicyclic) bond motifs is 1. The van der Waals surface area contributed by atoms with Crippen LogP contribution in [0.15, 0.2) is 12.1 Å². The van der Waals surface area contributed by atoms with Gasteiger partial charge in [0.1, 0.15) is 0 Å². The molecule has 0 spiro atoms. The SMILES string of the molecule is CCc1cc(CC(N)c2nnnn2C)cc2c(C)n[nH]c12. The first kappa shape index (κ1) is 13.7. The molecule has 1 unspecified atom stereocenters. The lowest BCUT2D eigenvalue weighted by Gasteiger charge is -2.11. The maximum atomic E-state index is 6.23. The predicted molar refractivity (Wildman–Crippen MR) is 79.6 cm³/mol. The summed E-state index contributed by atoms with van der Waals surface area (Å²) in [5.41, 5.74) is 10.8. The maximum Gasteiger partial charge on any atom is 0.168 e. The van der Waals surface area contributed by atoms with Gasteiger partial charge in [-0.25, -0.2) is 4.68 Å². The van der Waals surface area contributed by atoms with Crippen molar-refractivity contribution in [1.29, 1.82) is 0 Å². The average Bonchev–Trinajstić information content (AvgIpc) is 3.05. The molecule has 0 bridgehead atoms. The van der Waals surface area contributed by atoms with E-state index in [4.69, 9.17) is 5.73 Å². The van der Waals surface area contributed by atoms with Gasteiger partial charge >= 0.3 is 0 Å². The largest absolute Gasteiger partial charge is 0.321 e. The number of benzene rings is 1. The van der Waals surface area contributed by atoms with E-state index < -0.39 is 0 Å². The number of aryl methyl sites for hydroxylation is 3. The summed E-state index contributed by atoms with van der Waals surface area (Å²) in [7, 11) is 1.80. The van der Waals surface area contributed by atoms with Crippen molar-refractivity contribution in [2.75, 3.05) is 0 Å². The first-order valence-corrected chi connectivity index (χ1v) is 7.04. The second kappa shape index (κ2) is 5.25. The quantitative estimate of drug-likeness (QED) is 0.750. The third-order valence-electron chi connectivity index (χ3n) is 3.83. The summed E-state index contributed by atoms with van der Waals surface area (Å²) >= 11 is 0. The normalized spacial score (nSPS) is 13.0. The Morgan fingerprint density at radius 1 is 1.38 bits per heavy atom. The van der Waals surface area contributed by atoms with Gasteiger partial charge in [-0.05, 0) is 47.4 Å². The molecule has 7 heteroatoms. The van der Waals surface area contributed by atoms with Crippen LogP contribution in [-0.2, 0) is 19.9 Å². The van der Waals surface area contributed by atoms with Crippen molar-refractivity contribution in [1.82, 2.24) is 30.4 Å². The minimum atomic E-state index is -0.223. The Balaban J connectivity index is 1.97. The van der Waals surface area contributed by atoms with Crippen LogP contribution < -0.4 is 5.73 Å². The zero-order valence-corrected chi connectivity index (χ0v) is 12.5. The van der Waals surface area contributed by atoms with E-state index >= 15 is 0 Å². The molecule has 3 rings (SSSR count). The third-order valence-corrected chi connectivity index (χ3v) is 3.83. The number of aromatic amines is 1. The standard InChI is InChI=1S/C14H19N7/c1-4-10-5-9(6-11-8(2)16-17-13(10)11)7-12(15)14-18-19-20-21(14)3/h5-6,12H,4,7,15H2,1-3H3,(H,16,17). The number of nitrogens with one attached hydrogen (secondary N) is 1. The molecule has 3 aromatic rings. The van der Waals surface area contributed by atoms with E-state index in [2.05, 4.69) is 44.8 Å². The van der Waals surface area contributed by atoms with Crippen molar-refractivity contribution in [3.05, 3.63) is 34.8 Å². The molecule has 21 heavy (non-hydrogen) atoms. The molecular weight excluding hydrogens is 266 g/mol. The van der Waals surface area contributed by atoms with Crippen LogP contribution in [0.1, 0.15) is 35.6 Å². The smallest absolute Gasteiger partial charge is 0.168 e. The fourth-order valence-electron chi connectivity index (χ4n) is 2.68. The highest BCUT2D eigenvalue weighted by Crippen LogP contribution is 2.24. The number of tetrazole rings is 1. The van der Waals surface area contributed by atoms with Crippen LogP contribution in [0, 0.1) is 6.92 Å². The Kier molecular flexibility index (Phi) is 3.42. The van der Waals surface area contributed by atoms with Crippen LogP contribution in [0.4, 0.5) is 0 Å². The highest BCUT2D eigenvalue weighted by Gasteiger charge is 2.15. The van der Waals surface area contributed by atoms with E-state index in [0.29, 0.717) is 12.2 Å². The highest BCUT2D eigenvalue weighted by molar-refractivity contribution is 5.85. The number of hydrogen-bond donors (Lipinski definition) is 2. The summed E-state index contributed by atoms with van der Waals surface area (Å²) in [6.07, 6.45) is 1.65. The fourth-order valence-corrected chi connectivity index (χ4v) is 2.68. The molecule has 0 amide bonds. The monoisotopic (exact) mass is 285 g/mol. The Morgan fingerprint density at radius 2 is 2.19 bits per heavy atom. The number of aromatic nitrogens is 6. The summed E-state index contributed by atoms with van der Waals surface area (Å²) in [5, 5.41) is 20.0. The molecule has 0 fully saturated rings. The minimum absolute atomic E-state index is 0.223. The fraction of sp³-hybridized carbons (Fsp3) is 0.429. The predicted octanol–water partition coefficient (Wildman–Crippen LogP) is 1.20. The molecule has 1 atom stereocenters. The molecule has 0 saturated carbocycles. The molecule has 0 saturated heterocycles. The van der Waals surface area contributed by atoms with E-state index in [9.17, 15) is 0 Å². The summed E-state index contributed by atoms with van der Waals surface area (Å²) in [5.74, 6) is 0.692. The summed E-state index contributed by atoms with van der Waals surface area (Å²) in [6, 6.07) is 4.11. The zero-order chi connectivity index (χ0) is 15.0. The first-order chi connectivity index (χ1) is 10.1. The van der Waals surface area contributed by atoms with Crippen LogP contribution in [0.25, 0.3) is 10.9 Å². The molecule has 2 aromatic heterocycles. The molecule has 110 valence electrons. The number of H-pyrrole nitrogens is 1. The van der Waals surface area contributed by atoms with E-state index in [-0.39, 0.29) is 6.04 Å². The van der Waals surface area contributed by atoms with E-state index in [1.807, 2.05) is 6.92 Å². The van der Waals surface area contributed by atoms with Crippen LogP contribution in [0.2, 0.25) is 0 Å². The molecule has 7 nitrogen and oxygen atoms in total. The molecule has 2 heterocycles. The van der Waals surface area contributed by atoms with Crippen molar-refractivity contribution in [2.24, 2.45) is 12.8 Å². The second-order valence-electron chi connectivity index (χ2n) is 5.31. The van der Waals surface area contributed by atoms with Gasteiger partial charge in [0.05, 0.1) is 17.3 Å². The van der Waals surface area contributed by atoms with E-state index in [1.165, 1.54) is 11.1 Å². The van der Waals surface area contributed by atoms with Crippen LogP contribution in [0.3, 0.4) is 0 Å². The Morgan fingerprint density at radius 3 is 2.86 bits per heavy atom. The number of nitrogens with two attached hydrogens (primary N) is 1. The average molecular weight is 285 g/mol. The molecule has 0 aliphatic carbocycles. The molecule has 0 aliphatic heterocycles. The molecule has 0 radical (unpaired) electrons. The molecule has 1 aromatic carbocycles. The van der Waals surface area contributed by atoms with Crippen molar-refractivity contribution < 1.29 is 0 Å². The lowest BCUT2D eigenvalue weighted by molar-refractivity contribution is 0.599. The Hall–Kier alpha value is -2.28. The minimum Gasteiger partial charge on any atom is -0.321 e. The lowest BCUT2D eigenvalue weighted by Crippen LogP contribution is -2.18. The summed E-state index contributed by atoms with van der Waals surface area (Å²) in [6.45, 7) is 4.15. The van der Waals surface area contributed by atoms with Gasteiger partial charge in [0, 0.05) is 12.4 Å². The lowest BCUT2D eigenvalue weighted by atomic mass is 9.99. The van der Waals surface area contributed by atoms with Gasteiger partial charge in [-0.1, -0.05) is 13.0 Å². The van der Waals surface area contributed by atoms with Crippen molar-refractivity contribution in [3.63, 3.8) is 0 Å². The van der Waals surface area contributed by atoms with E-state index in [1.54, 1.807) is 11.7 Å². The van der Waals surface area contributed by atoms with E-state index in [0.717, 1.165) is 23.0 Å². The van der Waals surface area contributed by atoms with Crippen LogP contribution >= 0.6 is 0 Å². The van der Waals surface area contributed by atoms with Gasteiger partial charge in [-0.2, -0.15) is 5.10 Å². The topological polar surface area (TPSA) is 98.3 Å². The number of nitrogens with zero attached hydrogens (tertiary/aromatic N) is 5. The van der Waals surface area contributed by atoms with Gasteiger partial charge in [-0.15, -0.1) is 5.10 Å². The Labute approximate surface area is 122 Å². The second-order valence-corrected chi connectivity index (χ2v) is 5.31. The van der Waals surface area contributed by atoms with Gasteiger partial charge < -0.3 is 5.73 Å². The van der Waals surface area contributed by atoms with Crippen molar-refractivity contribution >= 4 is 10.9 Å². The number of rotatable bonds is 4. The van der Waals surface area contributed by atoms with Gasteiger partial charge in [-0.3, -0.25) is 5.10 Å². The van der Waals surface area contributed by atoms with Crippen molar-refractivity contribution in [2.45, 2.75) is 32.7 Å². The molecular formula is C14H19N7. The maximum absolute atomic E-state index is 6.23. The van der Waals surface area contributed by atoms with Gasteiger partial charge in [0.2, 0.25) is 0 Å². The van der Waals surface area contributed by atoms with Gasteiger partial charge in [0.15, 0.2) is 5.82 Å². The summed E-state index contributed by atoms with van der Waals surface area (Å²) < 4.78 is 1.62. The van der Waals surface area contributed by atoms with Crippen LogP contribution in [-0.4, -0.2) is 30.4 Å². The molecule has 3 N–H and O–H groups in total. The van der Waals surface area contributed by atoms with Gasteiger partial charge in [0.25, 0.3) is 0 Å². The first-order valence-electron chi connectivity index (χ1n) is 7.04. The highest BCUT2D eigenvalue weighted by atomic mass is 15.5. The third kappa shape index (κ3) is 2.40.